The van der Waals surface area contributed by atoms with Crippen LogP contribution in [0.4, 0.5) is 0 Å². The first kappa shape index (κ1) is 17.6. The SMILES string of the molecule is CC(=O)N1CCC(C(=O)N2CCCC(Oc3ccc(C)nn3)C2)CC1. The number of piperidine rings is 2. The Labute approximate surface area is 148 Å². The second-order valence-corrected chi connectivity index (χ2v) is 6.96. The van der Waals surface area contributed by atoms with Gasteiger partial charge in [-0.05, 0) is 38.7 Å². The third-order valence-electron chi connectivity index (χ3n) is 5.04. The van der Waals surface area contributed by atoms with Gasteiger partial charge >= 0.3 is 0 Å². The van der Waals surface area contributed by atoms with E-state index >= 15 is 0 Å². The van der Waals surface area contributed by atoms with Gasteiger partial charge in [0.05, 0.1) is 12.2 Å². The van der Waals surface area contributed by atoms with Crippen molar-refractivity contribution in [1.82, 2.24) is 20.0 Å². The summed E-state index contributed by atoms with van der Waals surface area (Å²) in [6.07, 6.45) is 3.32. The van der Waals surface area contributed by atoms with Gasteiger partial charge in [-0.1, -0.05) is 0 Å². The van der Waals surface area contributed by atoms with Crippen LogP contribution in [0.15, 0.2) is 12.1 Å². The van der Waals surface area contributed by atoms with E-state index in [0.717, 1.165) is 37.9 Å². The molecule has 2 aliphatic heterocycles. The van der Waals surface area contributed by atoms with Crippen LogP contribution in [0.1, 0.15) is 38.3 Å². The van der Waals surface area contributed by atoms with E-state index in [2.05, 4.69) is 10.2 Å². The van der Waals surface area contributed by atoms with Crippen LogP contribution in [-0.2, 0) is 9.59 Å². The fraction of sp³-hybridized carbons (Fsp3) is 0.667. The summed E-state index contributed by atoms with van der Waals surface area (Å²) in [7, 11) is 0. The summed E-state index contributed by atoms with van der Waals surface area (Å²) in [5.74, 6) is 0.830. The Kier molecular flexibility index (Phi) is 5.50. The minimum atomic E-state index is -0.0352. The van der Waals surface area contributed by atoms with Crippen LogP contribution in [-0.4, -0.2) is 64.1 Å². The van der Waals surface area contributed by atoms with Crippen molar-refractivity contribution in [3.63, 3.8) is 0 Å². The van der Waals surface area contributed by atoms with Crippen molar-refractivity contribution in [2.24, 2.45) is 5.92 Å². The number of likely N-dealkylation sites (tertiary alicyclic amines) is 2. The zero-order valence-corrected chi connectivity index (χ0v) is 15.0. The van der Waals surface area contributed by atoms with Gasteiger partial charge in [0, 0.05) is 38.5 Å². The van der Waals surface area contributed by atoms with E-state index < -0.39 is 0 Å². The summed E-state index contributed by atoms with van der Waals surface area (Å²) in [6.45, 7) is 6.21. The summed E-state index contributed by atoms with van der Waals surface area (Å²) in [4.78, 5) is 28.0. The number of hydrogen-bond acceptors (Lipinski definition) is 5. The first-order valence-electron chi connectivity index (χ1n) is 9.04. The first-order valence-corrected chi connectivity index (χ1v) is 9.04. The Hall–Kier alpha value is -2.18. The number of hydrogen-bond donors (Lipinski definition) is 0. The number of carbonyl (C=O) groups excluding carboxylic acids is 2. The number of carbonyl (C=O) groups is 2. The first-order chi connectivity index (χ1) is 12.0. The molecule has 25 heavy (non-hydrogen) atoms. The second kappa shape index (κ2) is 7.80. The average Bonchev–Trinajstić information content (AvgIpc) is 2.63. The standard InChI is InChI=1S/C18H26N4O3/c1-13-5-6-17(20-19-13)25-16-4-3-9-22(12-16)18(24)15-7-10-21(11-8-15)14(2)23/h5-6,15-16H,3-4,7-12H2,1-2H3. The van der Waals surface area contributed by atoms with Crippen molar-refractivity contribution in [1.29, 1.82) is 0 Å². The van der Waals surface area contributed by atoms with E-state index in [1.807, 2.05) is 28.9 Å². The normalized spacial score (nSPS) is 21.9. The molecule has 7 nitrogen and oxygen atoms in total. The van der Waals surface area contributed by atoms with Crippen LogP contribution in [0, 0.1) is 12.8 Å². The van der Waals surface area contributed by atoms with E-state index in [1.165, 1.54) is 0 Å². The average molecular weight is 346 g/mol. The smallest absolute Gasteiger partial charge is 0.233 e. The minimum absolute atomic E-state index is 0.0218. The maximum absolute atomic E-state index is 12.8. The second-order valence-electron chi connectivity index (χ2n) is 6.96. The Balaban J connectivity index is 1.53. The molecule has 0 saturated carbocycles. The number of ether oxygens (including phenoxy) is 1. The maximum Gasteiger partial charge on any atom is 0.233 e. The highest BCUT2D eigenvalue weighted by Gasteiger charge is 2.32. The molecule has 7 heteroatoms. The molecule has 1 aromatic rings. The zero-order valence-electron chi connectivity index (χ0n) is 15.0. The van der Waals surface area contributed by atoms with Crippen molar-refractivity contribution in [2.45, 2.75) is 45.6 Å². The number of nitrogens with zero attached hydrogens (tertiary/aromatic N) is 4. The highest BCUT2D eigenvalue weighted by molar-refractivity contribution is 5.80. The van der Waals surface area contributed by atoms with Gasteiger partial charge in [0.25, 0.3) is 0 Å². The molecule has 1 atom stereocenters. The van der Waals surface area contributed by atoms with E-state index in [-0.39, 0.29) is 23.8 Å². The lowest BCUT2D eigenvalue weighted by Gasteiger charge is -2.37. The van der Waals surface area contributed by atoms with Gasteiger partial charge in [-0.3, -0.25) is 9.59 Å². The van der Waals surface area contributed by atoms with Gasteiger partial charge < -0.3 is 14.5 Å². The fourth-order valence-electron chi connectivity index (χ4n) is 3.55. The Morgan fingerprint density at radius 2 is 1.84 bits per heavy atom. The summed E-state index contributed by atoms with van der Waals surface area (Å²) >= 11 is 0. The lowest BCUT2D eigenvalue weighted by molar-refractivity contribution is -0.142. The molecule has 0 spiro atoms. The molecule has 1 unspecified atom stereocenters. The summed E-state index contributed by atoms with van der Waals surface area (Å²) in [5.41, 5.74) is 0.852. The summed E-state index contributed by atoms with van der Waals surface area (Å²) < 4.78 is 5.91. The highest BCUT2D eigenvalue weighted by atomic mass is 16.5. The molecular formula is C18H26N4O3. The minimum Gasteiger partial charge on any atom is -0.471 e. The van der Waals surface area contributed by atoms with Crippen molar-refractivity contribution in [3.05, 3.63) is 17.8 Å². The largest absolute Gasteiger partial charge is 0.471 e. The topological polar surface area (TPSA) is 75.6 Å². The molecular weight excluding hydrogens is 320 g/mol. The van der Waals surface area contributed by atoms with Crippen molar-refractivity contribution < 1.29 is 14.3 Å². The highest BCUT2D eigenvalue weighted by Crippen LogP contribution is 2.23. The van der Waals surface area contributed by atoms with Crippen LogP contribution < -0.4 is 4.74 Å². The lowest BCUT2D eigenvalue weighted by Crippen LogP contribution is -2.49. The van der Waals surface area contributed by atoms with Crippen molar-refractivity contribution >= 4 is 11.8 Å². The van der Waals surface area contributed by atoms with E-state index in [9.17, 15) is 9.59 Å². The third-order valence-corrected chi connectivity index (χ3v) is 5.04. The van der Waals surface area contributed by atoms with E-state index in [1.54, 1.807) is 6.92 Å². The predicted octanol–water partition coefficient (Wildman–Crippen LogP) is 1.41. The molecule has 0 N–H and O–H groups in total. The molecule has 0 bridgehead atoms. The third kappa shape index (κ3) is 4.46. The molecule has 3 rings (SSSR count). The number of amides is 2. The Bertz CT molecular complexity index is 611. The summed E-state index contributed by atoms with van der Waals surface area (Å²) in [5, 5.41) is 8.05. The van der Waals surface area contributed by atoms with Gasteiger partial charge in [-0.2, -0.15) is 5.10 Å². The molecule has 0 radical (unpaired) electrons. The van der Waals surface area contributed by atoms with Gasteiger partial charge in [0.1, 0.15) is 6.10 Å². The van der Waals surface area contributed by atoms with Gasteiger partial charge in [0.2, 0.25) is 17.7 Å². The van der Waals surface area contributed by atoms with Crippen LogP contribution in [0.5, 0.6) is 5.88 Å². The predicted molar refractivity (Wildman–Crippen MR) is 92.0 cm³/mol. The number of aryl methyl sites for hydroxylation is 1. The molecule has 0 aliphatic carbocycles. The zero-order chi connectivity index (χ0) is 17.8. The quantitative estimate of drug-likeness (QED) is 0.827. The van der Waals surface area contributed by atoms with E-state index in [4.69, 9.17) is 4.74 Å². The van der Waals surface area contributed by atoms with Crippen LogP contribution in [0.3, 0.4) is 0 Å². The monoisotopic (exact) mass is 346 g/mol. The lowest BCUT2D eigenvalue weighted by atomic mass is 9.94. The van der Waals surface area contributed by atoms with Gasteiger partial charge in [-0.15, -0.1) is 5.10 Å². The molecule has 2 aliphatic rings. The van der Waals surface area contributed by atoms with Crippen LogP contribution in [0.2, 0.25) is 0 Å². The van der Waals surface area contributed by atoms with Gasteiger partial charge in [0.15, 0.2) is 0 Å². The van der Waals surface area contributed by atoms with Crippen LogP contribution in [0.25, 0.3) is 0 Å². The molecule has 0 aromatic carbocycles. The van der Waals surface area contributed by atoms with Gasteiger partial charge in [-0.25, -0.2) is 0 Å². The molecule has 1 aromatic heterocycles. The Morgan fingerprint density at radius 3 is 2.48 bits per heavy atom. The summed E-state index contributed by atoms with van der Waals surface area (Å²) in [6, 6.07) is 3.69. The molecule has 2 saturated heterocycles. The number of rotatable bonds is 3. The molecule has 136 valence electrons. The number of aromatic nitrogens is 2. The van der Waals surface area contributed by atoms with Crippen LogP contribution >= 0.6 is 0 Å². The fourth-order valence-corrected chi connectivity index (χ4v) is 3.55. The molecule has 3 heterocycles. The molecule has 2 amide bonds. The van der Waals surface area contributed by atoms with Crippen molar-refractivity contribution in [3.8, 4) is 5.88 Å². The van der Waals surface area contributed by atoms with E-state index in [0.29, 0.717) is 25.5 Å². The Morgan fingerprint density at radius 1 is 1.08 bits per heavy atom. The maximum atomic E-state index is 12.8. The molecule has 2 fully saturated rings. The van der Waals surface area contributed by atoms with Crippen molar-refractivity contribution in [2.75, 3.05) is 26.2 Å².